The first-order valence-electron chi connectivity index (χ1n) is 4.47. The van der Waals surface area contributed by atoms with E-state index >= 15 is 0 Å². The summed E-state index contributed by atoms with van der Waals surface area (Å²) in [5.74, 6) is 1.24. The molecule has 1 fully saturated rings. The molecule has 1 aromatic heterocycles. The van der Waals surface area contributed by atoms with Gasteiger partial charge in [-0.2, -0.15) is 15.0 Å². The third-order valence-corrected chi connectivity index (χ3v) is 2.18. The van der Waals surface area contributed by atoms with Gasteiger partial charge >= 0.3 is 6.01 Å². The number of nitrogens with one attached hydrogen (secondary N) is 1. The van der Waals surface area contributed by atoms with Crippen LogP contribution >= 0.6 is 11.6 Å². The number of hydrogen-bond donors (Lipinski definition) is 1. The molecule has 1 aromatic rings. The molecule has 1 aliphatic carbocycles. The largest absolute Gasteiger partial charge is 0.467 e. The molecule has 0 unspecified atom stereocenters. The first-order valence-corrected chi connectivity index (χ1v) is 4.85. The minimum atomic E-state index is 0.148. The van der Waals surface area contributed by atoms with Crippen molar-refractivity contribution in [1.29, 1.82) is 0 Å². The standard InChI is InChI=1S/C8H11ClN4O/c1-14-8-12-6(9)11-7(13-8)10-4-5-2-3-5/h5H,2-4H2,1H3,(H,10,11,12,13). The van der Waals surface area contributed by atoms with Crippen LogP contribution in [0.5, 0.6) is 6.01 Å². The molecular formula is C8H11ClN4O. The van der Waals surface area contributed by atoms with Crippen molar-refractivity contribution in [2.75, 3.05) is 19.0 Å². The highest BCUT2D eigenvalue weighted by Gasteiger charge is 2.21. The lowest BCUT2D eigenvalue weighted by atomic mass is 10.4. The summed E-state index contributed by atoms with van der Waals surface area (Å²) in [6.07, 6.45) is 2.56. The number of aromatic nitrogens is 3. The third-order valence-electron chi connectivity index (χ3n) is 2.02. The van der Waals surface area contributed by atoms with E-state index in [9.17, 15) is 0 Å². The fourth-order valence-corrected chi connectivity index (χ4v) is 1.21. The predicted molar refractivity (Wildman–Crippen MR) is 52.6 cm³/mol. The summed E-state index contributed by atoms with van der Waals surface area (Å²) < 4.78 is 4.87. The second kappa shape index (κ2) is 3.96. The Morgan fingerprint density at radius 3 is 2.86 bits per heavy atom. The molecule has 1 N–H and O–H groups in total. The van der Waals surface area contributed by atoms with Crippen LogP contribution in [0.25, 0.3) is 0 Å². The fourth-order valence-electron chi connectivity index (χ4n) is 1.06. The van der Waals surface area contributed by atoms with Gasteiger partial charge in [-0.15, -0.1) is 0 Å². The Morgan fingerprint density at radius 1 is 1.43 bits per heavy atom. The summed E-state index contributed by atoms with van der Waals surface area (Å²) in [5.41, 5.74) is 0. The van der Waals surface area contributed by atoms with E-state index in [1.807, 2.05) is 0 Å². The SMILES string of the molecule is COc1nc(Cl)nc(NCC2CC2)n1. The van der Waals surface area contributed by atoms with Crippen LogP contribution in [0.1, 0.15) is 12.8 Å². The van der Waals surface area contributed by atoms with Crippen LogP contribution in [-0.2, 0) is 0 Å². The zero-order valence-corrected chi connectivity index (χ0v) is 8.58. The Hall–Kier alpha value is -1.10. The van der Waals surface area contributed by atoms with Gasteiger partial charge in [0.25, 0.3) is 0 Å². The van der Waals surface area contributed by atoms with E-state index in [0.717, 1.165) is 12.5 Å². The zero-order valence-electron chi connectivity index (χ0n) is 7.83. The Kier molecular flexibility index (Phi) is 2.67. The van der Waals surface area contributed by atoms with Crippen LogP contribution in [0.3, 0.4) is 0 Å². The van der Waals surface area contributed by atoms with Crippen molar-refractivity contribution in [2.24, 2.45) is 5.92 Å². The molecule has 0 bridgehead atoms. The summed E-state index contributed by atoms with van der Waals surface area (Å²) in [7, 11) is 1.50. The van der Waals surface area contributed by atoms with E-state index in [1.165, 1.54) is 20.0 Å². The minimum absolute atomic E-state index is 0.148. The quantitative estimate of drug-likeness (QED) is 0.820. The molecular weight excluding hydrogens is 204 g/mol. The Balaban J connectivity index is 2.03. The first-order chi connectivity index (χ1) is 6.78. The smallest absolute Gasteiger partial charge is 0.322 e. The monoisotopic (exact) mass is 214 g/mol. The van der Waals surface area contributed by atoms with Crippen molar-refractivity contribution in [3.05, 3.63) is 5.28 Å². The molecule has 0 aromatic carbocycles. The normalized spacial score (nSPS) is 15.3. The Labute approximate surface area is 86.9 Å². The number of nitrogens with zero attached hydrogens (tertiary/aromatic N) is 3. The summed E-state index contributed by atoms with van der Waals surface area (Å²) >= 11 is 5.68. The van der Waals surface area contributed by atoms with Crippen LogP contribution in [-0.4, -0.2) is 28.6 Å². The van der Waals surface area contributed by atoms with Crippen molar-refractivity contribution in [2.45, 2.75) is 12.8 Å². The van der Waals surface area contributed by atoms with E-state index in [1.54, 1.807) is 0 Å². The first kappa shape index (κ1) is 9.45. The highest BCUT2D eigenvalue weighted by Crippen LogP contribution is 2.28. The number of anilines is 1. The Morgan fingerprint density at radius 2 is 2.21 bits per heavy atom. The molecule has 76 valence electrons. The van der Waals surface area contributed by atoms with Gasteiger partial charge in [-0.3, -0.25) is 0 Å². The predicted octanol–water partition coefficient (Wildman–Crippen LogP) is 1.36. The van der Waals surface area contributed by atoms with Gasteiger partial charge in [-0.25, -0.2) is 0 Å². The average molecular weight is 215 g/mol. The van der Waals surface area contributed by atoms with Crippen LogP contribution in [0.4, 0.5) is 5.95 Å². The van der Waals surface area contributed by atoms with Gasteiger partial charge in [0.1, 0.15) is 0 Å². The molecule has 0 aliphatic heterocycles. The van der Waals surface area contributed by atoms with Crippen LogP contribution < -0.4 is 10.1 Å². The van der Waals surface area contributed by atoms with Crippen molar-refractivity contribution in [3.63, 3.8) is 0 Å². The Bertz CT molecular complexity index is 329. The summed E-state index contributed by atoms with van der Waals surface area (Å²) in [6.45, 7) is 0.892. The molecule has 14 heavy (non-hydrogen) atoms. The summed E-state index contributed by atoms with van der Waals surface area (Å²) in [4.78, 5) is 11.7. The van der Waals surface area contributed by atoms with Gasteiger partial charge in [0.2, 0.25) is 11.2 Å². The third kappa shape index (κ3) is 2.45. The molecule has 5 nitrogen and oxygen atoms in total. The second-order valence-electron chi connectivity index (χ2n) is 3.24. The summed E-state index contributed by atoms with van der Waals surface area (Å²) in [5, 5.41) is 3.24. The molecule has 1 aliphatic rings. The number of methoxy groups -OCH3 is 1. The molecule has 1 saturated carbocycles. The molecule has 0 spiro atoms. The number of halogens is 1. The molecule has 0 saturated heterocycles. The molecule has 0 amide bonds. The van der Waals surface area contributed by atoms with Crippen molar-refractivity contribution in [3.8, 4) is 6.01 Å². The van der Waals surface area contributed by atoms with Gasteiger partial charge in [-0.1, -0.05) is 0 Å². The van der Waals surface area contributed by atoms with Crippen LogP contribution in [0, 0.1) is 5.92 Å². The van der Waals surface area contributed by atoms with Gasteiger partial charge in [0, 0.05) is 6.54 Å². The second-order valence-corrected chi connectivity index (χ2v) is 3.58. The van der Waals surface area contributed by atoms with Crippen LogP contribution in [0.15, 0.2) is 0 Å². The number of rotatable bonds is 4. The molecule has 2 rings (SSSR count). The summed E-state index contributed by atoms with van der Waals surface area (Å²) in [6, 6.07) is 0.239. The van der Waals surface area contributed by atoms with Gasteiger partial charge < -0.3 is 10.1 Å². The van der Waals surface area contributed by atoms with Crippen LogP contribution in [0.2, 0.25) is 5.28 Å². The maximum absolute atomic E-state index is 5.68. The van der Waals surface area contributed by atoms with E-state index in [0.29, 0.717) is 5.95 Å². The van der Waals surface area contributed by atoms with E-state index in [2.05, 4.69) is 20.3 Å². The number of ether oxygens (including phenoxy) is 1. The highest BCUT2D eigenvalue weighted by atomic mass is 35.5. The maximum Gasteiger partial charge on any atom is 0.322 e. The fraction of sp³-hybridized carbons (Fsp3) is 0.625. The molecule has 0 radical (unpaired) electrons. The van der Waals surface area contributed by atoms with Gasteiger partial charge in [0.15, 0.2) is 0 Å². The van der Waals surface area contributed by atoms with Crippen molar-refractivity contribution in [1.82, 2.24) is 15.0 Å². The van der Waals surface area contributed by atoms with Gasteiger partial charge in [-0.05, 0) is 30.4 Å². The molecule has 0 atom stereocenters. The average Bonchev–Trinajstić information content (AvgIpc) is 2.97. The highest BCUT2D eigenvalue weighted by molar-refractivity contribution is 6.28. The maximum atomic E-state index is 5.68. The number of hydrogen-bond acceptors (Lipinski definition) is 5. The minimum Gasteiger partial charge on any atom is -0.467 e. The topological polar surface area (TPSA) is 59.9 Å². The lowest BCUT2D eigenvalue weighted by Gasteiger charge is -2.04. The van der Waals surface area contributed by atoms with Crippen molar-refractivity contribution >= 4 is 17.5 Å². The lowest BCUT2D eigenvalue weighted by Crippen LogP contribution is -2.08. The van der Waals surface area contributed by atoms with Crippen molar-refractivity contribution < 1.29 is 4.74 Å². The molecule has 1 heterocycles. The zero-order chi connectivity index (χ0) is 9.97. The van der Waals surface area contributed by atoms with Gasteiger partial charge in [0.05, 0.1) is 7.11 Å². The van der Waals surface area contributed by atoms with E-state index < -0.39 is 0 Å². The van der Waals surface area contributed by atoms with E-state index in [4.69, 9.17) is 16.3 Å². The van der Waals surface area contributed by atoms with E-state index in [-0.39, 0.29) is 11.3 Å². The molecule has 6 heteroatoms. The lowest BCUT2D eigenvalue weighted by molar-refractivity contribution is 0.379.